The zero-order valence-corrected chi connectivity index (χ0v) is 19.6. The quantitative estimate of drug-likeness (QED) is 0.303. The van der Waals surface area contributed by atoms with E-state index in [0.717, 1.165) is 42.3 Å². The number of aromatic hydroxyl groups is 1. The number of halogens is 2. The van der Waals surface area contributed by atoms with Crippen LogP contribution in [0.3, 0.4) is 0 Å². The van der Waals surface area contributed by atoms with E-state index in [1.807, 2.05) is 18.2 Å². The highest BCUT2D eigenvalue weighted by Gasteiger charge is 2.24. The van der Waals surface area contributed by atoms with E-state index in [2.05, 4.69) is 20.5 Å². The number of benzene rings is 2. The topological polar surface area (TPSA) is 78.4 Å². The van der Waals surface area contributed by atoms with Crippen LogP contribution in [0.2, 0.25) is 0 Å². The Balaban J connectivity index is 0.00000320. The molecule has 164 valence electrons. The van der Waals surface area contributed by atoms with Crippen LogP contribution >= 0.6 is 24.0 Å². The van der Waals surface area contributed by atoms with Gasteiger partial charge >= 0.3 is 0 Å². The van der Waals surface area contributed by atoms with Crippen LogP contribution in [0.25, 0.3) is 0 Å². The van der Waals surface area contributed by atoms with Crippen LogP contribution in [0.5, 0.6) is 17.2 Å². The third-order valence-electron chi connectivity index (χ3n) is 4.93. The number of phenols is 1. The smallest absolute Gasteiger partial charge is 0.191 e. The van der Waals surface area contributed by atoms with Crippen molar-refractivity contribution in [2.45, 2.75) is 19.0 Å². The molecule has 3 N–H and O–H groups in total. The molecular weight excluding hydrogens is 502 g/mol. The van der Waals surface area contributed by atoms with E-state index in [1.165, 1.54) is 12.1 Å². The molecule has 30 heavy (non-hydrogen) atoms. The normalized spacial score (nSPS) is 16.1. The summed E-state index contributed by atoms with van der Waals surface area (Å²) in [5.41, 5.74) is 1.77. The Kier molecular flexibility index (Phi) is 8.82. The van der Waals surface area contributed by atoms with Crippen molar-refractivity contribution in [1.82, 2.24) is 10.6 Å². The minimum Gasteiger partial charge on any atom is -0.505 e. The lowest BCUT2D eigenvalue weighted by Crippen LogP contribution is -2.44. The van der Waals surface area contributed by atoms with Gasteiger partial charge in [0.05, 0.1) is 14.2 Å². The second-order valence-corrected chi connectivity index (χ2v) is 6.86. The lowest BCUT2D eigenvalue weighted by molar-refractivity contribution is 0.394. The summed E-state index contributed by atoms with van der Waals surface area (Å²) in [7, 11) is 4.98. The Bertz CT molecular complexity index is 859. The monoisotopic (exact) mass is 530 g/mol. The number of nitrogens with zero attached hydrogens (tertiary/aromatic N) is 2. The van der Waals surface area contributed by atoms with Crippen molar-refractivity contribution in [3.05, 3.63) is 47.8 Å². The molecular formula is C21H28FIN4O3. The molecule has 0 radical (unpaired) electrons. The Morgan fingerprint density at radius 1 is 1.20 bits per heavy atom. The number of rotatable bonds is 6. The predicted octanol–water partition coefficient (Wildman–Crippen LogP) is 3.11. The van der Waals surface area contributed by atoms with Crippen molar-refractivity contribution in [2.75, 3.05) is 39.3 Å². The van der Waals surface area contributed by atoms with Crippen LogP contribution in [-0.2, 0) is 6.54 Å². The fraction of sp³-hybridized carbons (Fsp3) is 0.381. The first kappa shape index (κ1) is 23.8. The van der Waals surface area contributed by atoms with E-state index < -0.39 is 5.82 Å². The molecule has 1 saturated heterocycles. The molecule has 1 unspecified atom stereocenters. The van der Waals surface area contributed by atoms with Gasteiger partial charge < -0.3 is 30.1 Å². The maximum Gasteiger partial charge on any atom is 0.191 e. The molecule has 1 heterocycles. The van der Waals surface area contributed by atoms with Crippen LogP contribution < -0.4 is 25.0 Å². The van der Waals surface area contributed by atoms with Gasteiger partial charge in [-0.1, -0.05) is 6.07 Å². The van der Waals surface area contributed by atoms with Crippen molar-refractivity contribution >= 4 is 35.6 Å². The lowest BCUT2D eigenvalue weighted by atomic mass is 10.2. The van der Waals surface area contributed by atoms with Crippen molar-refractivity contribution in [3.8, 4) is 17.2 Å². The summed E-state index contributed by atoms with van der Waals surface area (Å²) in [5, 5.41) is 15.9. The van der Waals surface area contributed by atoms with E-state index in [0.29, 0.717) is 12.5 Å². The third kappa shape index (κ3) is 6.04. The highest BCUT2D eigenvalue weighted by molar-refractivity contribution is 14.0. The average Bonchev–Trinajstić information content (AvgIpc) is 3.21. The zero-order chi connectivity index (χ0) is 20.8. The third-order valence-corrected chi connectivity index (χ3v) is 4.93. The summed E-state index contributed by atoms with van der Waals surface area (Å²) in [6.07, 6.45) is 0.952. The van der Waals surface area contributed by atoms with Gasteiger partial charge in [-0.2, -0.15) is 0 Å². The number of nitrogens with one attached hydrogen (secondary N) is 2. The number of methoxy groups -OCH3 is 2. The molecule has 9 heteroatoms. The van der Waals surface area contributed by atoms with E-state index in [9.17, 15) is 9.50 Å². The molecule has 1 atom stereocenters. The summed E-state index contributed by atoms with van der Waals surface area (Å²) in [6.45, 7) is 2.11. The van der Waals surface area contributed by atoms with Crippen molar-refractivity contribution < 1.29 is 19.0 Å². The molecule has 0 bridgehead atoms. The van der Waals surface area contributed by atoms with Gasteiger partial charge in [0.1, 0.15) is 11.5 Å². The first-order valence-corrected chi connectivity index (χ1v) is 9.45. The fourth-order valence-corrected chi connectivity index (χ4v) is 3.32. The number of hydrogen-bond donors (Lipinski definition) is 3. The minimum absolute atomic E-state index is 0. The Hall–Kier alpha value is -2.43. The second kappa shape index (κ2) is 11.1. The summed E-state index contributed by atoms with van der Waals surface area (Å²) in [6, 6.07) is 10.4. The highest BCUT2D eigenvalue weighted by Crippen LogP contribution is 2.30. The molecule has 0 spiro atoms. The molecule has 0 aromatic heterocycles. The van der Waals surface area contributed by atoms with Gasteiger partial charge in [-0.15, -0.1) is 24.0 Å². The van der Waals surface area contributed by atoms with Crippen LogP contribution in [0.4, 0.5) is 10.1 Å². The molecule has 1 aliphatic rings. The number of ether oxygens (including phenoxy) is 2. The summed E-state index contributed by atoms with van der Waals surface area (Å²) in [5.74, 6) is 1.18. The van der Waals surface area contributed by atoms with Gasteiger partial charge in [0, 0.05) is 56.6 Å². The lowest BCUT2D eigenvalue weighted by Gasteiger charge is -2.21. The number of aliphatic imine (C=N–C) groups is 1. The van der Waals surface area contributed by atoms with E-state index in [4.69, 9.17) is 9.47 Å². The number of hydrogen-bond acceptors (Lipinski definition) is 5. The Labute approximate surface area is 193 Å². The number of phenolic OH excluding ortho intramolecular Hbond substituents is 1. The van der Waals surface area contributed by atoms with Gasteiger partial charge in [0.25, 0.3) is 0 Å². The van der Waals surface area contributed by atoms with Gasteiger partial charge in [0.2, 0.25) is 0 Å². The summed E-state index contributed by atoms with van der Waals surface area (Å²) >= 11 is 0. The first-order valence-electron chi connectivity index (χ1n) is 9.45. The van der Waals surface area contributed by atoms with Crippen LogP contribution in [-0.4, -0.2) is 51.5 Å². The average molecular weight is 530 g/mol. The van der Waals surface area contributed by atoms with Crippen molar-refractivity contribution in [1.29, 1.82) is 0 Å². The highest BCUT2D eigenvalue weighted by atomic mass is 127. The molecule has 3 rings (SSSR count). The predicted molar refractivity (Wildman–Crippen MR) is 127 cm³/mol. The van der Waals surface area contributed by atoms with Gasteiger partial charge in [0.15, 0.2) is 17.5 Å². The minimum atomic E-state index is -0.632. The molecule has 0 saturated carbocycles. The molecule has 2 aromatic rings. The van der Waals surface area contributed by atoms with Gasteiger partial charge in [-0.25, -0.2) is 4.39 Å². The number of anilines is 1. The molecule has 1 fully saturated rings. The zero-order valence-electron chi connectivity index (χ0n) is 17.3. The standard InChI is InChI=1S/C21H27FN4O3.HI/c1-23-21(24-12-14-4-5-20(27)19(22)8-14)25-15-6-7-26(13-15)16-9-17(28-2)11-18(10-16)29-3;/h4-5,8-11,15,27H,6-7,12-13H2,1-3H3,(H2,23,24,25);1H. The second-order valence-electron chi connectivity index (χ2n) is 6.86. The molecule has 7 nitrogen and oxygen atoms in total. The van der Waals surface area contributed by atoms with Crippen molar-refractivity contribution in [2.24, 2.45) is 4.99 Å². The molecule has 1 aliphatic heterocycles. The summed E-state index contributed by atoms with van der Waals surface area (Å²) in [4.78, 5) is 6.52. The SMILES string of the molecule is CN=C(NCc1ccc(O)c(F)c1)NC1CCN(c2cc(OC)cc(OC)c2)C1.I. The summed E-state index contributed by atoms with van der Waals surface area (Å²) < 4.78 is 24.2. The van der Waals surface area contributed by atoms with Gasteiger partial charge in [-0.05, 0) is 24.1 Å². The first-order chi connectivity index (χ1) is 14.0. The van der Waals surface area contributed by atoms with Crippen molar-refractivity contribution in [3.63, 3.8) is 0 Å². The Morgan fingerprint density at radius 2 is 1.90 bits per heavy atom. The largest absolute Gasteiger partial charge is 0.505 e. The Morgan fingerprint density at radius 3 is 2.50 bits per heavy atom. The van der Waals surface area contributed by atoms with Crippen LogP contribution in [0.1, 0.15) is 12.0 Å². The molecule has 0 amide bonds. The van der Waals surface area contributed by atoms with E-state index in [-0.39, 0.29) is 35.8 Å². The maximum absolute atomic E-state index is 13.5. The van der Waals surface area contributed by atoms with Crippen LogP contribution in [0, 0.1) is 5.82 Å². The maximum atomic E-state index is 13.5. The van der Waals surface area contributed by atoms with Crippen LogP contribution in [0.15, 0.2) is 41.4 Å². The fourth-order valence-electron chi connectivity index (χ4n) is 3.32. The molecule has 2 aromatic carbocycles. The van der Waals surface area contributed by atoms with Gasteiger partial charge in [-0.3, -0.25) is 4.99 Å². The van der Waals surface area contributed by atoms with E-state index >= 15 is 0 Å². The van der Waals surface area contributed by atoms with E-state index in [1.54, 1.807) is 27.3 Å². The molecule has 0 aliphatic carbocycles. The number of guanidine groups is 1.